The van der Waals surface area contributed by atoms with Gasteiger partial charge in [-0.15, -0.1) is 0 Å². The molecular weight excluding hydrogens is 335 g/mol. The molecule has 0 bridgehead atoms. The largest absolute Gasteiger partial charge is 0.477 e. The molecule has 2 fully saturated rings. The first-order valence-corrected chi connectivity index (χ1v) is 9.24. The van der Waals surface area contributed by atoms with Crippen molar-refractivity contribution in [2.75, 3.05) is 18.0 Å². The Kier molecular flexibility index (Phi) is 4.01. The predicted molar refractivity (Wildman–Crippen MR) is 98.7 cm³/mol. The number of carboxylic acid groups (broad SMARTS) is 1. The van der Waals surface area contributed by atoms with Crippen molar-refractivity contribution >= 4 is 22.6 Å². The van der Waals surface area contributed by atoms with E-state index in [9.17, 15) is 14.7 Å². The molecule has 0 amide bonds. The Morgan fingerprint density at radius 2 is 2.04 bits per heavy atom. The molecule has 0 spiro atoms. The van der Waals surface area contributed by atoms with E-state index in [1.807, 2.05) is 11.5 Å². The van der Waals surface area contributed by atoms with E-state index in [1.54, 1.807) is 0 Å². The zero-order chi connectivity index (χ0) is 18.6. The van der Waals surface area contributed by atoms with Crippen LogP contribution < -0.4 is 10.3 Å². The first kappa shape index (κ1) is 17.1. The van der Waals surface area contributed by atoms with Crippen LogP contribution in [0.2, 0.25) is 0 Å². The third-order valence-electron chi connectivity index (χ3n) is 5.62. The minimum Gasteiger partial charge on any atom is -0.477 e. The van der Waals surface area contributed by atoms with Crippen molar-refractivity contribution < 1.29 is 14.3 Å². The van der Waals surface area contributed by atoms with E-state index in [-0.39, 0.29) is 17.0 Å². The van der Waals surface area contributed by atoms with Gasteiger partial charge in [0.25, 0.3) is 0 Å². The lowest BCUT2D eigenvalue weighted by Gasteiger charge is -2.34. The summed E-state index contributed by atoms with van der Waals surface area (Å²) in [4.78, 5) is 26.2. The summed E-state index contributed by atoms with van der Waals surface area (Å²) >= 11 is 0. The zero-order valence-electron chi connectivity index (χ0n) is 15.1. The summed E-state index contributed by atoms with van der Waals surface area (Å²) in [6, 6.07) is 1.43. The first-order chi connectivity index (χ1) is 12.4. The van der Waals surface area contributed by atoms with Gasteiger partial charge in [0.2, 0.25) is 5.43 Å². The molecule has 1 aliphatic heterocycles. The lowest BCUT2D eigenvalue weighted by Crippen LogP contribution is -2.35. The molecule has 5 nitrogen and oxygen atoms in total. The van der Waals surface area contributed by atoms with Crippen LogP contribution in [0, 0.1) is 18.7 Å². The molecule has 2 aliphatic rings. The molecule has 1 aromatic heterocycles. The molecule has 1 aliphatic carbocycles. The number of carboxylic acids is 1. The molecule has 1 aromatic carbocycles. The summed E-state index contributed by atoms with van der Waals surface area (Å²) in [5.41, 5.74) is 1.07. The van der Waals surface area contributed by atoms with E-state index < -0.39 is 17.2 Å². The number of anilines is 1. The van der Waals surface area contributed by atoms with Crippen LogP contribution in [-0.2, 0) is 0 Å². The number of aromatic nitrogens is 1. The van der Waals surface area contributed by atoms with Crippen LogP contribution in [0.5, 0.6) is 0 Å². The number of nitrogens with zero attached hydrogens (tertiary/aromatic N) is 2. The number of hydrogen-bond donors (Lipinski definition) is 1. The number of benzene rings is 1. The molecule has 2 heterocycles. The van der Waals surface area contributed by atoms with Crippen LogP contribution in [0.15, 0.2) is 17.1 Å². The van der Waals surface area contributed by atoms with Gasteiger partial charge >= 0.3 is 5.97 Å². The third kappa shape index (κ3) is 2.68. The third-order valence-corrected chi connectivity index (χ3v) is 5.62. The maximum atomic E-state index is 15.0. The number of rotatable bonds is 3. The highest BCUT2D eigenvalue weighted by Gasteiger charge is 2.30. The molecule has 138 valence electrons. The van der Waals surface area contributed by atoms with Crippen LogP contribution in [0.3, 0.4) is 0 Å². The second-order valence-electron chi connectivity index (χ2n) is 7.74. The summed E-state index contributed by atoms with van der Waals surface area (Å²) in [5.74, 6) is -1.21. The fraction of sp³-hybridized carbons (Fsp3) is 0.500. The number of pyridine rings is 1. The van der Waals surface area contributed by atoms with Crippen LogP contribution >= 0.6 is 0 Å². The van der Waals surface area contributed by atoms with Crippen LogP contribution in [0.4, 0.5) is 10.1 Å². The van der Waals surface area contributed by atoms with Gasteiger partial charge in [-0.1, -0.05) is 6.92 Å². The lowest BCUT2D eigenvalue weighted by atomic mass is 9.97. The summed E-state index contributed by atoms with van der Waals surface area (Å²) in [6.07, 6.45) is 5.50. The van der Waals surface area contributed by atoms with Crippen molar-refractivity contribution in [1.82, 2.24) is 4.57 Å². The van der Waals surface area contributed by atoms with Gasteiger partial charge in [0.1, 0.15) is 11.4 Å². The fourth-order valence-corrected chi connectivity index (χ4v) is 4.24. The van der Waals surface area contributed by atoms with Crippen molar-refractivity contribution in [3.8, 4) is 0 Å². The van der Waals surface area contributed by atoms with Gasteiger partial charge in [-0.2, -0.15) is 0 Å². The normalized spacial score (nSPS) is 20.6. The van der Waals surface area contributed by atoms with Gasteiger partial charge < -0.3 is 14.6 Å². The number of piperidine rings is 1. The average molecular weight is 358 g/mol. The minimum atomic E-state index is -1.27. The standard InChI is InChI=1S/C20H23FN2O3/c1-11-4-3-7-22(9-11)18-12(2)17-14(8-16(18)21)19(24)15(20(25)26)10-23(17)13-5-6-13/h8,10-11,13H,3-7,9H2,1-2H3,(H,25,26). The monoisotopic (exact) mass is 358 g/mol. The van der Waals surface area contributed by atoms with Gasteiger partial charge in [-0.25, -0.2) is 9.18 Å². The van der Waals surface area contributed by atoms with Crippen LogP contribution in [0.25, 0.3) is 10.9 Å². The summed E-state index contributed by atoms with van der Waals surface area (Å²) < 4.78 is 16.9. The molecule has 6 heteroatoms. The van der Waals surface area contributed by atoms with Crippen LogP contribution in [-0.4, -0.2) is 28.7 Å². The highest BCUT2D eigenvalue weighted by molar-refractivity contribution is 5.95. The van der Waals surface area contributed by atoms with E-state index in [2.05, 4.69) is 11.8 Å². The number of fused-ring (bicyclic) bond motifs is 1. The van der Waals surface area contributed by atoms with Gasteiger partial charge in [-0.05, 0) is 50.2 Å². The maximum Gasteiger partial charge on any atom is 0.341 e. The summed E-state index contributed by atoms with van der Waals surface area (Å²) in [7, 11) is 0. The predicted octanol–water partition coefficient (Wildman–Crippen LogP) is 3.72. The molecule has 1 saturated carbocycles. The number of aryl methyl sites for hydroxylation is 1. The quantitative estimate of drug-likeness (QED) is 0.908. The van der Waals surface area contributed by atoms with E-state index >= 15 is 4.39 Å². The number of aromatic carboxylic acids is 1. The molecule has 1 N–H and O–H groups in total. The second kappa shape index (κ2) is 6.11. The first-order valence-electron chi connectivity index (χ1n) is 9.24. The number of hydrogen-bond acceptors (Lipinski definition) is 3. The Hall–Kier alpha value is -2.37. The Labute approximate surface area is 151 Å². The molecular formula is C20H23FN2O3. The van der Waals surface area contributed by atoms with Crippen LogP contribution in [0.1, 0.15) is 54.6 Å². The highest BCUT2D eigenvalue weighted by Crippen LogP contribution is 2.40. The molecule has 2 aromatic rings. The molecule has 1 atom stereocenters. The van der Waals surface area contributed by atoms with Gasteiger partial charge in [0.05, 0.1) is 11.2 Å². The number of carbonyl (C=O) groups is 1. The lowest BCUT2D eigenvalue weighted by molar-refractivity contribution is 0.0695. The molecule has 4 rings (SSSR count). The Balaban J connectivity index is 2.00. The van der Waals surface area contributed by atoms with E-state index in [1.165, 1.54) is 12.3 Å². The SMILES string of the molecule is Cc1c(N2CCCC(C)C2)c(F)cc2c(=O)c(C(=O)O)cn(C3CC3)c12. The van der Waals surface area contributed by atoms with Crippen molar-refractivity contribution in [3.63, 3.8) is 0 Å². The summed E-state index contributed by atoms with van der Waals surface area (Å²) in [5, 5.41) is 9.53. The zero-order valence-corrected chi connectivity index (χ0v) is 15.1. The van der Waals surface area contributed by atoms with Gasteiger partial charge in [-0.3, -0.25) is 4.79 Å². The topological polar surface area (TPSA) is 62.5 Å². The molecule has 1 saturated heterocycles. The van der Waals surface area contributed by atoms with E-state index in [0.717, 1.165) is 44.3 Å². The Morgan fingerprint density at radius 3 is 2.65 bits per heavy atom. The van der Waals surface area contributed by atoms with Gasteiger partial charge in [0, 0.05) is 30.7 Å². The van der Waals surface area contributed by atoms with Crippen molar-refractivity contribution in [2.24, 2.45) is 5.92 Å². The smallest absolute Gasteiger partial charge is 0.341 e. The molecule has 1 unspecified atom stereocenters. The Morgan fingerprint density at radius 1 is 1.31 bits per heavy atom. The molecule has 26 heavy (non-hydrogen) atoms. The fourth-order valence-electron chi connectivity index (χ4n) is 4.24. The van der Waals surface area contributed by atoms with Gasteiger partial charge in [0.15, 0.2) is 0 Å². The molecule has 0 radical (unpaired) electrons. The summed E-state index contributed by atoms with van der Waals surface area (Å²) in [6.45, 7) is 5.61. The number of halogens is 1. The van der Waals surface area contributed by atoms with Crippen molar-refractivity contribution in [2.45, 2.75) is 45.6 Å². The Bertz CT molecular complexity index is 962. The van der Waals surface area contributed by atoms with E-state index in [0.29, 0.717) is 17.1 Å². The maximum absolute atomic E-state index is 15.0. The average Bonchev–Trinajstić information content (AvgIpc) is 3.40. The highest BCUT2D eigenvalue weighted by atomic mass is 19.1. The minimum absolute atomic E-state index is 0.167. The van der Waals surface area contributed by atoms with E-state index in [4.69, 9.17) is 0 Å². The van der Waals surface area contributed by atoms with Crippen molar-refractivity contribution in [3.05, 3.63) is 39.4 Å². The van der Waals surface area contributed by atoms with Crippen molar-refractivity contribution in [1.29, 1.82) is 0 Å². The second-order valence-corrected chi connectivity index (χ2v) is 7.74.